The van der Waals surface area contributed by atoms with Crippen LogP contribution in [0.4, 0.5) is 0 Å². The monoisotopic (exact) mass is 386 g/mol. The van der Waals surface area contributed by atoms with E-state index in [4.69, 9.17) is 4.74 Å². The Labute approximate surface area is 170 Å². The minimum absolute atomic E-state index is 0.0646. The van der Waals surface area contributed by atoms with Gasteiger partial charge >= 0.3 is 5.97 Å². The van der Waals surface area contributed by atoms with Crippen LogP contribution in [0.15, 0.2) is 11.6 Å². The molecular weight excluding hydrogens is 348 g/mol. The van der Waals surface area contributed by atoms with Crippen LogP contribution in [0.5, 0.6) is 0 Å². The van der Waals surface area contributed by atoms with Crippen molar-refractivity contribution in [1.82, 2.24) is 0 Å². The number of ether oxygens (including phenoxy) is 1. The Balaban J connectivity index is 1.64. The third kappa shape index (κ3) is 2.53. The number of carbonyl (C=O) groups excluding carboxylic acids is 2. The zero-order valence-corrected chi connectivity index (χ0v) is 18.6. The highest BCUT2D eigenvalue weighted by atomic mass is 16.5. The molecule has 3 saturated carbocycles. The van der Waals surface area contributed by atoms with E-state index in [0.29, 0.717) is 29.5 Å². The zero-order chi connectivity index (χ0) is 20.5. The number of Topliss-reactive ketones (excluding diaryl/α,β-unsaturated/α-hetero) is 1. The van der Waals surface area contributed by atoms with Gasteiger partial charge in [-0.3, -0.25) is 9.59 Å². The van der Waals surface area contributed by atoms with Gasteiger partial charge in [0.1, 0.15) is 11.9 Å². The molecule has 0 unspecified atom stereocenters. The predicted octanol–water partition coefficient (Wildman–Crippen LogP) is 5.72. The third-order valence-electron chi connectivity index (χ3n) is 10.3. The lowest BCUT2D eigenvalue weighted by Crippen LogP contribution is -2.53. The van der Waals surface area contributed by atoms with Crippen LogP contribution in [0.1, 0.15) is 86.5 Å². The van der Waals surface area contributed by atoms with Crippen molar-refractivity contribution in [2.45, 2.75) is 92.6 Å². The van der Waals surface area contributed by atoms with Gasteiger partial charge in [-0.25, -0.2) is 0 Å². The lowest BCUT2D eigenvalue weighted by Gasteiger charge is -2.59. The van der Waals surface area contributed by atoms with E-state index < -0.39 is 0 Å². The molecule has 3 fully saturated rings. The first-order valence-corrected chi connectivity index (χ1v) is 11.4. The third-order valence-corrected chi connectivity index (χ3v) is 10.3. The molecule has 156 valence electrons. The molecule has 0 aliphatic heterocycles. The van der Waals surface area contributed by atoms with E-state index >= 15 is 0 Å². The normalized spacial score (nSPS) is 50.1. The first kappa shape index (κ1) is 20.2. The van der Waals surface area contributed by atoms with Gasteiger partial charge in [-0.2, -0.15) is 0 Å². The summed E-state index contributed by atoms with van der Waals surface area (Å²) in [5, 5.41) is 0. The van der Waals surface area contributed by atoms with E-state index in [1.807, 2.05) is 6.92 Å². The number of rotatable bonds is 2. The van der Waals surface area contributed by atoms with Crippen LogP contribution in [-0.4, -0.2) is 17.9 Å². The van der Waals surface area contributed by atoms with Crippen LogP contribution in [0.3, 0.4) is 0 Å². The molecule has 0 spiro atoms. The molecule has 0 N–H and O–H groups in total. The molecule has 0 radical (unpaired) electrons. The maximum Gasteiger partial charge on any atom is 0.302 e. The summed E-state index contributed by atoms with van der Waals surface area (Å²) < 4.78 is 5.56. The summed E-state index contributed by atoms with van der Waals surface area (Å²) in [6.07, 6.45) is 10.3. The topological polar surface area (TPSA) is 43.4 Å². The Morgan fingerprint density at radius 2 is 1.79 bits per heavy atom. The summed E-state index contributed by atoms with van der Waals surface area (Å²) >= 11 is 0. The number of allylic oxidation sites excluding steroid dienone is 1. The van der Waals surface area contributed by atoms with Crippen molar-refractivity contribution in [2.24, 2.45) is 39.9 Å². The second-order valence-electron chi connectivity index (χ2n) is 11.1. The maximum absolute atomic E-state index is 12.8. The molecule has 4 aliphatic rings. The fourth-order valence-corrected chi connectivity index (χ4v) is 8.29. The average Bonchev–Trinajstić information content (AvgIpc) is 2.83. The van der Waals surface area contributed by atoms with Gasteiger partial charge in [-0.1, -0.05) is 39.3 Å². The summed E-state index contributed by atoms with van der Waals surface area (Å²) in [7, 11) is 0. The Kier molecular flexibility index (Phi) is 4.64. The van der Waals surface area contributed by atoms with E-state index in [2.05, 4.69) is 33.8 Å². The highest BCUT2D eigenvalue weighted by Crippen LogP contribution is 2.71. The van der Waals surface area contributed by atoms with Gasteiger partial charge in [-0.05, 0) is 80.0 Å². The molecule has 4 rings (SSSR count). The fourth-order valence-electron chi connectivity index (χ4n) is 8.29. The van der Waals surface area contributed by atoms with Crippen molar-refractivity contribution in [1.29, 1.82) is 0 Å². The molecule has 0 aromatic rings. The summed E-state index contributed by atoms with van der Waals surface area (Å²) in [6, 6.07) is 0. The highest BCUT2D eigenvalue weighted by molar-refractivity contribution is 5.83. The Hall–Kier alpha value is -1.12. The highest BCUT2D eigenvalue weighted by Gasteiger charge is 2.66. The fraction of sp³-hybridized carbons (Fsp3) is 0.840. The van der Waals surface area contributed by atoms with Crippen LogP contribution in [0.25, 0.3) is 0 Å². The standard InChI is InChI=1S/C25H38O3/c1-15-13-22-20-8-7-18-14-19(28-17(3)27)9-11-23(18,4)21(20)10-12-24(22,5)25(15,6)16(2)26/h7,15,19-22H,8-14H2,1-6H3/t15-,19-,20+,21+,22+,23+,24+,25-/m1/s1. The van der Waals surface area contributed by atoms with Crippen LogP contribution < -0.4 is 0 Å². The minimum Gasteiger partial charge on any atom is -0.462 e. The Morgan fingerprint density at radius 3 is 2.43 bits per heavy atom. The van der Waals surface area contributed by atoms with E-state index in [1.54, 1.807) is 0 Å². The van der Waals surface area contributed by atoms with Gasteiger partial charge in [0.15, 0.2) is 0 Å². The molecule has 28 heavy (non-hydrogen) atoms. The van der Waals surface area contributed by atoms with Crippen molar-refractivity contribution in [2.75, 3.05) is 0 Å². The maximum atomic E-state index is 12.8. The SMILES string of the molecule is CC(=O)O[C@@H]1CC[C@@]2(C)C(=CC[C@H]3[C@@H]2CC[C@@]2(C)[C@H]3C[C@@H](C)[C@]2(C)C(C)=O)C1. The molecule has 4 aliphatic carbocycles. The summed E-state index contributed by atoms with van der Waals surface area (Å²) in [5.41, 5.74) is 1.74. The minimum atomic E-state index is -0.180. The van der Waals surface area contributed by atoms with E-state index in [9.17, 15) is 9.59 Å². The van der Waals surface area contributed by atoms with Gasteiger partial charge in [-0.15, -0.1) is 0 Å². The number of fused-ring (bicyclic) bond motifs is 5. The quantitative estimate of drug-likeness (QED) is 0.450. The predicted molar refractivity (Wildman–Crippen MR) is 111 cm³/mol. The number of esters is 1. The van der Waals surface area contributed by atoms with Crippen molar-refractivity contribution < 1.29 is 14.3 Å². The smallest absolute Gasteiger partial charge is 0.302 e. The number of carbonyl (C=O) groups is 2. The van der Waals surface area contributed by atoms with Crippen LogP contribution in [0, 0.1) is 39.9 Å². The first-order valence-electron chi connectivity index (χ1n) is 11.4. The number of ketones is 1. The van der Waals surface area contributed by atoms with E-state index in [-0.39, 0.29) is 28.3 Å². The van der Waals surface area contributed by atoms with E-state index in [1.165, 1.54) is 31.8 Å². The first-order chi connectivity index (χ1) is 13.0. The van der Waals surface area contributed by atoms with Gasteiger partial charge in [0.05, 0.1) is 0 Å². The molecule has 0 bridgehead atoms. The molecule has 0 saturated heterocycles. The van der Waals surface area contributed by atoms with Crippen molar-refractivity contribution in [3.05, 3.63) is 11.6 Å². The lowest BCUT2D eigenvalue weighted by atomic mass is 9.45. The summed E-state index contributed by atoms with van der Waals surface area (Å²) in [5.74, 6) is 2.77. The van der Waals surface area contributed by atoms with Gasteiger partial charge in [0, 0.05) is 18.8 Å². The van der Waals surface area contributed by atoms with Crippen molar-refractivity contribution in [3.63, 3.8) is 0 Å². The summed E-state index contributed by atoms with van der Waals surface area (Å²) in [6.45, 7) is 12.8. The second kappa shape index (κ2) is 6.44. The zero-order valence-electron chi connectivity index (χ0n) is 18.6. The molecule has 0 heterocycles. The van der Waals surface area contributed by atoms with Gasteiger partial charge in [0.25, 0.3) is 0 Å². The Morgan fingerprint density at radius 1 is 1.07 bits per heavy atom. The Bertz CT molecular complexity index is 723. The molecule has 8 atom stereocenters. The van der Waals surface area contributed by atoms with Crippen LogP contribution >= 0.6 is 0 Å². The molecule has 0 aromatic heterocycles. The molecule has 0 amide bonds. The molecule has 0 aromatic carbocycles. The molecule has 3 nitrogen and oxygen atoms in total. The van der Waals surface area contributed by atoms with Crippen LogP contribution in [0.2, 0.25) is 0 Å². The number of hydrogen-bond acceptors (Lipinski definition) is 3. The largest absolute Gasteiger partial charge is 0.462 e. The van der Waals surface area contributed by atoms with Gasteiger partial charge in [0.2, 0.25) is 0 Å². The van der Waals surface area contributed by atoms with Crippen molar-refractivity contribution >= 4 is 11.8 Å². The molecule has 3 heteroatoms. The average molecular weight is 387 g/mol. The van der Waals surface area contributed by atoms with Crippen molar-refractivity contribution in [3.8, 4) is 0 Å². The van der Waals surface area contributed by atoms with Gasteiger partial charge < -0.3 is 4.74 Å². The van der Waals surface area contributed by atoms with Crippen LogP contribution in [-0.2, 0) is 14.3 Å². The van der Waals surface area contributed by atoms with E-state index in [0.717, 1.165) is 25.7 Å². The number of hydrogen-bond donors (Lipinski definition) is 0. The summed E-state index contributed by atoms with van der Waals surface area (Å²) in [4.78, 5) is 24.2. The lowest BCUT2D eigenvalue weighted by molar-refractivity contribution is -0.150. The molecular formula is C25H38O3. The second-order valence-corrected chi connectivity index (χ2v) is 11.1.